The van der Waals surface area contributed by atoms with Crippen LogP contribution in [0.5, 0.6) is 5.75 Å². The molecule has 1 aliphatic heterocycles. The fourth-order valence-corrected chi connectivity index (χ4v) is 2.27. The van der Waals surface area contributed by atoms with Crippen LogP contribution in [0.1, 0.15) is 18.4 Å². The van der Waals surface area contributed by atoms with E-state index in [1.807, 2.05) is 0 Å². The van der Waals surface area contributed by atoms with Crippen LogP contribution >= 0.6 is 0 Å². The Labute approximate surface area is 127 Å². The zero-order valence-corrected chi connectivity index (χ0v) is 11.5. The Bertz CT molecular complexity index is 669. The summed E-state index contributed by atoms with van der Waals surface area (Å²) in [5.74, 6) is -2.09. The summed E-state index contributed by atoms with van der Waals surface area (Å²) in [4.78, 5) is 20.8. The van der Waals surface area contributed by atoms with Gasteiger partial charge >= 0.3 is 18.0 Å². The average molecular weight is 332 g/mol. The molecule has 23 heavy (non-hydrogen) atoms. The maximum atomic E-state index is 12.2. The third kappa shape index (κ3) is 4.11. The van der Waals surface area contributed by atoms with Crippen molar-refractivity contribution >= 4 is 11.7 Å². The van der Waals surface area contributed by atoms with Crippen LogP contribution in [0.3, 0.4) is 0 Å². The number of nitrogens with one attached hydrogen (secondary N) is 1. The molecule has 0 spiro atoms. The van der Waals surface area contributed by atoms with Crippen molar-refractivity contribution in [3.63, 3.8) is 0 Å². The van der Waals surface area contributed by atoms with Crippen molar-refractivity contribution in [3.05, 3.63) is 45.3 Å². The van der Waals surface area contributed by atoms with Crippen molar-refractivity contribution in [2.45, 2.75) is 25.6 Å². The van der Waals surface area contributed by atoms with E-state index < -0.39 is 28.7 Å². The predicted molar refractivity (Wildman–Crippen MR) is 71.3 cm³/mol. The number of ether oxygens (including phenoxy) is 1. The predicted octanol–water partition coefficient (Wildman–Crippen LogP) is 2.91. The summed E-state index contributed by atoms with van der Waals surface area (Å²) in [6, 6.07) is 3.49. The van der Waals surface area contributed by atoms with E-state index in [0.29, 0.717) is 24.1 Å². The minimum absolute atomic E-state index is 0.0900. The lowest BCUT2D eigenvalue weighted by atomic mass is 10.1. The summed E-state index contributed by atoms with van der Waals surface area (Å²) in [7, 11) is 0. The van der Waals surface area contributed by atoms with Crippen LogP contribution in [0, 0.1) is 10.1 Å². The van der Waals surface area contributed by atoms with Crippen molar-refractivity contribution in [1.82, 2.24) is 0 Å². The van der Waals surface area contributed by atoms with Crippen LogP contribution in [-0.2, 0) is 11.2 Å². The summed E-state index contributed by atoms with van der Waals surface area (Å²) >= 11 is 0. The van der Waals surface area contributed by atoms with Crippen molar-refractivity contribution in [2.75, 3.05) is 5.32 Å². The molecule has 1 heterocycles. The molecule has 0 unspecified atom stereocenters. The van der Waals surface area contributed by atoms with Gasteiger partial charge in [-0.2, -0.15) is 0 Å². The Hall–Kier alpha value is -2.78. The molecular formula is C13H11F3N2O5. The molecule has 1 aliphatic rings. The molecule has 10 heteroatoms. The molecule has 0 radical (unpaired) electrons. The highest BCUT2D eigenvalue weighted by atomic mass is 19.4. The second-order valence-corrected chi connectivity index (χ2v) is 4.73. The fourth-order valence-electron chi connectivity index (χ4n) is 2.27. The first-order valence-electron chi connectivity index (χ1n) is 6.44. The highest BCUT2D eigenvalue weighted by Gasteiger charge is 2.32. The second kappa shape index (κ2) is 6.15. The topological polar surface area (TPSA) is 102 Å². The molecule has 1 aromatic carbocycles. The summed E-state index contributed by atoms with van der Waals surface area (Å²) < 4.78 is 40.5. The van der Waals surface area contributed by atoms with Crippen LogP contribution in [0.25, 0.3) is 0 Å². The number of rotatable bonds is 3. The van der Waals surface area contributed by atoms with Gasteiger partial charge in [-0.25, -0.2) is 4.79 Å². The molecular weight excluding hydrogens is 321 g/mol. The van der Waals surface area contributed by atoms with Gasteiger partial charge in [0.15, 0.2) is 0 Å². The van der Waals surface area contributed by atoms with Gasteiger partial charge in [0, 0.05) is 5.69 Å². The van der Waals surface area contributed by atoms with Gasteiger partial charge in [0.25, 0.3) is 0 Å². The largest absolute Gasteiger partial charge is 0.573 e. The number of anilines is 1. The number of carbonyl (C=O) groups is 1. The highest BCUT2D eigenvalue weighted by Crippen LogP contribution is 2.32. The molecule has 0 saturated carbocycles. The van der Waals surface area contributed by atoms with Gasteiger partial charge in [-0.15, -0.1) is 13.2 Å². The smallest absolute Gasteiger partial charge is 0.473 e. The standard InChI is InChI=1S/C13H11F3N2O5/c14-13(15,16)23-8-4-5-9-7(6-8)2-1-3-10(17-9)11(12(19)20)18(21)22/h4-6,17H,1-3H2,(H,19,20). The summed E-state index contributed by atoms with van der Waals surface area (Å²) in [6.45, 7) is 0. The Morgan fingerprint density at radius 1 is 1.35 bits per heavy atom. The van der Waals surface area contributed by atoms with Gasteiger partial charge in [-0.05, 0) is 43.0 Å². The van der Waals surface area contributed by atoms with Gasteiger partial charge in [-0.1, -0.05) is 0 Å². The summed E-state index contributed by atoms with van der Waals surface area (Å²) in [5.41, 5.74) is -0.304. The van der Waals surface area contributed by atoms with Gasteiger partial charge in [0.2, 0.25) is 0 Å². The first-order chi connectivity index (χ1) is 10.7. The van der Waals surface area contributed by atoms with Gasteiger partial charge in [0.05, 0.1) is 4.92 Å². The van der Waals surface area contributed by atoms with E-state index in [4.69, 9.17) is 5.11 Å². The van der Waals surface area contributed by atoms with E-state index in [-0.39, 0.29) is 12.1 Å². The van der Waals surface area contributed by atoms with E-state index in [1.165, 1.54) is 12.1 Å². The number of carboxylic acids is 1. The number of carboxylic acid groups (broad SMARTS) is 1. The molecule has 7 nitrogen and oxygen atoms in total. The molecule has 0 atom stereocenters. The number of allylic oxidation sites excluding steroid dienone is 1. The van der Waals surface area contributed by atoms with E-state index in [1.54, 1.807) is 0 Å². The number of aryl methyl sites for hydroxylation is 1. The first kappa shape index (κ1) is 16.6. The number of aliphatic carboxylic acids is 1. The average Bonchev–Trinajstić information content (AvgIpc) is 2.57. The van der Waals surface area contributed by atoms with Gasteiger partial charge < -0.3 is 15.2 Å². The van der Waals surface area contributed by atoms with E-state index in [2.05, 4.69) is 10.1 Å². The Morgan fingerprint density at radius 3 is 2.61 bits per heavy atom. The minimum Gasteiger partial charge on any atom is -0.473 e. The lowest BCUT2D eigenvalue weighted by Crippen LogP contribution is -2.18. The SMILES string of the molecule is O=C(O)C(=C1CCCc2cc(OC(F)(F)F)ccc2N1)[N+](=O)[O-]. The lowest BCUT2D eigenvalue weighted by molar-refractivity contribution is -0.422. The summed E-state index contributed by atoms with van der Waals surface area (Å²) in [5, 5.41) is 22.4. The molecule has 0 bridgehead atoms. The second-order valence-electron chi connectivity index (χ2n) is 4.73. The van der Waals surface area contributed by atoms with Crippen LogP contribution in [0.2, 0.25) is 0 Å². The van der Waals surface area contributed by atoms with E-state index in [0.717, 1.165) is 6.07 Å². The van der Waals surface area contributed by atoms with E-state index >= 15 is 0 Å². The number of hydrogen-bond acceptors (Lipinski definition) is 5. The van der Waals surface area contributed by atoms with Crippen molar-refractivity contribution in [2.24, 2.45) is 0 Å². The van der Waals surface area contributed by atoms with Crippen LogP contribution in [-0.4, -0.2) is 22.4 Å². The first-order valence-corrected chi connectivity index (χ1v) is 6.44. The number of halogens is 3. The Balaban J connectivity index is 2.37. The molecule has 124 valence electrons. The number of alkyl halides is 3. The van der Waals surface area contributed by atoms with Crippen molar-refractivity contribution in [1.29, 1.82) is 0 Å². The van der Waals surface area contributed by atoms with Crippen LogP contribution < -0.4 is 10.1 Å². The lowest BCUT2D eigenvalue weighted by Gasteiger charge is -2.13. The number of hydrogen-bond donors (Lipinski definition) is 2. The fraction of sp³-hybridized carbons (Fsp3) is 0.308. The van der Waals surface area contributed by atoms with Gasteiger partial charge in [-0.3, -0.25) is 10.1 Å². The zero-order chi connectivity index (χ0) is 17.2. The quantitative estimate of drug-likeness (QED) is 0.501. The van der Waals surface area contributed by atoms with Gasteiger partial charge in [0.1, 0.15) is 11.4 Å². The zero-order valence-electron chi connectivity index (χ0n) is 11.5. The third-order valence-electron chi connectivity index (χ3n) is 3.14. The normalized spacial score (nSPS) is 16.7. The molecule has 0 fully saturated rings. The Kier molecular flexibility index (Phi) is 4.43. The maximum Gasteiger partial charge on any atom is 0.573 e. The molecule has 0 saturated heterocycles. The van der Waals surface area contributed by atoms with Crippen LogP contribution in [0.15, 0.2) is 29.6 Å². The van der Waals surface area contributed by atoms with Crippen molar-refractivity contribution in [3.8, 4) is 5.75 Å². The third-order valence-corrected chi connectivity index (χ3v) is 3.14. The van der Waals surface area contributed by atoms with Crippen molar-refractivity contribution < 1.29 is 32.7 Å². The minimum atomic E-state index is -4.82. The number of fused-ring (bicyclic) bond motifs is 1. The number of nitrogens with zero attached hydrogens (tertiary/aromatic N) is 1. The molecule has 0 aromatic heterocycles. The molecule has 0 aliphatic carbocycles. The molecule has 2 rings (SSSR count). The maximum absolute atomic E-state index is 12.2. The molecule has 1 aromatic rings. The summed E-state index contributed by atoms with van der Waals surface area (Å²) in [6.07, 6.45) is -4.06. The number of benzene rings is 1. The Morgan fingerprint density at radius 2 is 2.04 bits per heavy atom. The molecule has 2 N–H and O–H groups in total. The van der Waals surface area contributed by atoms with Crippen LogP contribution in [0.4, 0.5) is 18.9 Å². The number of nitro groups is 1. The highest BCUT2D eigenvalue weighted by molar-refractivity contribution is 5.85. The molecule has 0 amide bonds. The van der Waals surface area contributed by atoms with E-state index in [9.17, 15) is 28.1 Å². The monoisotopic (exact) mass is 332 g/mol.